The minimum atomic E-state index is -0.759. The van der Waals surface area contributed by atoms with Crippen LogP contribution < -0.4 is 10.2 Å². The summed E-state index contributed by atoms with van der Waals surface area (Å²) in [5.74, 6) is -0.938. The number of nitrogens with zero attached hydrogens (tertiary/aromatic N) is 5. The van der Waals surface area contributed by atoms with Crippen LogP contribution in [0.2, 0.25) is 0 Å². The van der Waals surface area contributed by atoms with E-state index in [1.54, 1.807) is 27.0 Å². The summed E-state index contributed by atoms with van der Waals surface area (Å²) in [5.41, 5.74) is 0.527. The van der Waals surface area contributed by atoms with Crippen LogP contribution in [0, 0.1) is 23.0 Å². The normalized spacial score (nSPS) is 20.0. The summed E-state index contributed by atoms with van der Waals surface area (Å²) in [6.07, 6.45) is 1.90. The lowest BCUT2D eigenvalue weighted by atomic mass is 9.90. The van der Waals surface area contributed by atoms with Crippen molar-refractivity contribution < 1.29 is 23.0 Å². The van der Waals surface area contributed by atoms with Crippen molar-refractivity contribution in [1.29, 1.82) is 5.26 Å². The summed E-state index contributed by atoms with van der Waals surface area (Å²) in [4.78, 5) is 26.3. The molecule has 2 saturated heterocycles. The Morgan fingerprint density at radius 2 is 1.98 bits per heavy atom. The molecule has 216 valence electrons. The largest absolute Gasteiger partial charge is 0.444 e. The summed E-state index contributed by atoms with van der Waals surface area (Å²) in [7, 11) is 2.10. The van der Waals surface area contributed by atoms with Gasteiger partial charge in [-0.2, -0.15) is 5.26 Å². The van der Waals surface area contributed by atoms with E-state index in [2.05, 4.69) is 33.2 Å². The molecule has 5 heterocycles. The lowest BCUT2D eigenvalue weighted by Crippen LogP contribution is -2.45. The van der Waals surface area contributed by atoms with Crippen LogP contribution in [0.4, 0.5) is 24.5 Å². The number of carbonyl (C=O) groups is 1. The molecule has 0 radical (unpaired) electrons. The van der Waals surface area contributed by atoms with Crippen LogP contribution in [0.3, 0.4) is 0 Å². The van der Waals surface area contributed by atoms with E-state index in [0.29, 0.717) is 33.2 Å². The highest BCUT2D eigenvalue weighted by atomic mass is 32.1. The summed E-state index contributed by atoms with van der Waals surface area (Å²) in [6, 6.07) is 5.53. The number of fused-ring (bicyclic) bond motifs is 6. The molecule has 3 aliphatic heterocycles. The van der Waals surface area contributed by atoms with Crippen LogP contribution in [0.15, 0.2) is 18.3 Å². The van der Waals surface area contributed by atoms with Crippen LogP contribution in [-0.2, 0) is 22.7 Å². The highest BCUT2D eigenvalue weighted by Crippen LogP contribution is 2.47. The molecular formula is C30H28F2N6O3S. The first-order valence-electron chi connectivity index (χ1n) is 13.7. The van der Waals surface area contributed by atoms with Gasteiger partial charge in [-0.3, -0.25) is 10.2 Å². The van der Waals surface area contributed by atoms with Crippen molar-refractivity contribution in [2.75, 3.05) is 30.4 Å². The molecule has 7 rings (SSSR count). The molecule has 0 spiro atoms. The molecule has 1 amide bonds. The van der Waals surface area contributed by atoms with Gasteiger partial charge < -0.3 is 14.4 Å². The second kappa shape index (κ2) is 9.55. The van der Waals surface area contributed by atoms with E-state index in [1.165, 1.54) is 12.1 Å². The van der Waals surface area contributed by atoms with Gasteiger partial charge in [0.15, 0.2) is 5.82 Å². The Kier molecular flexibility index (Phi) is 6.13. The molecule has 12 heteroatoms. The predicted molar refractivity (Wildman–Crippen MR) is 156 cm³/mol. The highest BCUT2D eigenvalue weighted by molar-refractivity contribution is 7.23. The number of aromatic nitrogens is 2. The van der Waals surface area contributed by atoms with Crippen LogP contribution >= 0.6 is 11.3 Å². The zero-order valence-corrected chi connectivity index (χ0v) is 24.4. The van der Waals surface area contributed by atoms with E-state index >= 15 is 8.78 Å². The average Bonchev–Trinajstić information content (AvgIpc) is 3.71. The maximum Gasteiger partial charge on any atom is 0.412 e. The first-order valence-corrected chi connectivity index (χ1v) is 14.6. The second-order valence-corrected chi connectivity index (χ2v) is 13.1. The van der Waals surface area contributed by atoms with E-state index in [9.17, 15) is 10.1 Å². The first kappa shape index (κ1) is 26.9. The molecule has 2 aromatic heterocycles. The van der Waals surface area contributed by atoms with E-state index in [0.717, 1.165) is 30.8 Å². The van der Waals surface area contributed by atoms with Gasteiger partial charge in [0.1, 0.15) is 28.0 Å². The van der Waals surface area contributed by atoms with Gasteiger partial charge in [-0.25, -0.2) is 23.5 Å². The third kappa shape index (κ3) is 4.18. The van der Waals surface area contributed by atoms with Crippen molar-refractivity contribution in [3.8, 4) is 17.2 Å². The van der Waals surface area contributed by atoms with Gasteiger partial charge in [0, 0.05) is 58.0 Å². The summed E-state index contributed by atoms with van der Waals surface area (Å²) >= 11 is 1.10. The first-order chi connectivity index (χ1) is 20.0. The number of likely N-dealkylation sites (tertiary alicyclic amines) is 1. The molecule has 2 bridgehead atoms. The minimum Gasteiger partial charge on any atom is -0.444 e. The fourth-order valence-corrected chi connectivity index (χ4v) is 7.46. The van der Waals surface area contributed by atoms with Gasteiger partial charge in [-0.05, 0) is 57.5 Å². The molecule has 2 fully saturated rings. The zero-order valence-electron chi connectivity index (χ0n) is 23.5. The standard InChI is InChI=1S/C30H28F2N6O3S/c1-30(2,3)41-29(39)36-27-16(8-33)22-21(42-27)6-5-20(31)24(22)23-19-13-40-12-18(19)17-9-34-28(35-26(17)25(23)32)38-11-14-7-15(38)10-37(14)4/h5-6,9,14-15H,7,10-13H2,1-4H3,(H,36,39)/t14-,15-/m0/s1. The number of amides is 1. The van der Waals surface area contributed by atoms with Gasteiger partial charge >= 0.3 is 6.09 Å². The Balaban J connectivity index is 1.41. The third-order valence-corrected chi connectivity index (χ3v) is 9.31. The Morgan fingerprint density at radius 3 is 2.67 bits per heavy atom. The number of hydrogen-bond acceptors (Lipinski definition) is 9. The highest BCUT2D eigenvalue weighted by Gasteiger charge is 2.43. The van der Waals surface area contributed by atoms with Crippen molar-refractivity contribution in [3.63, 3.8) is 0 Å². The number of anilines is 2. The average molecular weight is 591 g/mol. The number of ether oxygens (including phenoxy) is 2. The number of nitrogens with one attached hydrogen (secondary N) is 1. The van der Waals surface area contributed by atoms with Crippen molar-refractivity contribution >= 4 is 49.4 Å². The molecule has 0 saturated carbocycles. The van der Waals surface area contributed by atoms with Crippen LogP contribution in [0.5, 0.6) is 0 Å². The van der Waals surface area contributed by atoms with Gasteiger partial charge in [0.25, 0.3) is 0 Å². The Hall–Kier alpha value is -3.92. The lowest BCUT2D eigenvalue weighted by Gasteiger charge is -2.32. The number of rotatable bonds is 3. The summed E-state index contributed by atoms with van der Waals surface area (Å²) in [6.45, 7) is 7.11. The topological polar surface area (TPSA) is 104 Å². The Morgan fingerprint density at radius 1 is 1.19 bits per heavy atom. The number of thiophene rings is 1. The number of carbonyl (C=O) groups excluding carboxylic acids is 1. The van der Waals surface area contributed by atoms with Crippen LogP contribution in [0.1, 0.15) is 43.9 Å². The van der Waals surface area contributed by atoms with Gasteiger partial charge in [0.05, 0.1) is 18.8 Å². The number of hydrogen-bond donors (Lipinski definition) is 1. The number of nitriles is 1. The molecule has 3 aliphatic rings. The third-order valence-electron chi connectivity index (χ3n) is 8.24. The second-order valence-electron chi connectivity index (χ2n) is 12.0. The molecule has 0 unspecified atom stereocenters. The Labute approximate surface area is 244 Å². The predicted octanol–water partition coefficient (Wildman–Crippen LogP) is 5.93. The summed E-state index contributed by atoms with van der Waals surface area (Å²) < 4.78 is 44.2. The fraction of sp³-hybridized carbons (Fsp3) is 0.400. The van der Waals surface area contributed by atoms with E-state index in [4.69, 9.17) is 14.5 Å². The number of piperazine rings is 1. The Bertz CT molecular complexity index is 1840. The number of halogens is 2. The van der Waals surface area contributed by atoms with Crippen molar-refractivity contribution in [3.05, 3.63) is 46.7 Å². The molecule has 9 nitrogen and oxygen atoms in total. The van der Waals surface area contributed by atoms with E-state index in [-0.39, 0.29) is 51.8 Å². The molecule has 4 aromatic rings. The fourth-order valence-electron chi connectivity index (χ4n) is 6.42. The van der Waals surface area contributed by atoms with Gasteiger partial charge in [-0.15, -0.1) is 11.3 Å². The van der Waals surface area contributed by atoms with Crippen LogP contribution in [-0.4, -0.2) is 58.8 Å². The summed E-state index contributed by atoms with van der Waals surface area (Å²) in [5, 5.41) is 13.7. The smallest absolute Gasteiger partial charge is 0.412 e. The van der Waals surface area contributed by atoms with Crippen LogP contribution in [0.25, 0.3) is 32.1 Å². The van der Waals surface area contributed by atoms with Gasteiger partial charge in [-0.1, -0.05) is 0 Å². The maximum atomic E-state index is 16.8. The van der Waals surface area contributed by atoms with Crippen molar-refractivity contribution in [2.24, 2.45) is 0 Å². The van der Waals surface area contributed by atoms with E-state index < -0.39 is 23.3 Å². The zero-order chi connectivity index (χ0) is 29.5. The maximum absolute atomic E-state index is 16.8. The molecule has 2 atom stereocenters. The molecule has 0 aliphatic carbocycles. The SMILES string of the molecule is CN1C[C@@H]2C[C@H]1CN2c1ncc2c3c(c(-c4c(F)ccc5sc(NC(=O)OC(C)(C)C)c(C#N)c45)c(F)c2n1)COC3. The molecule has 42 heavy (non-hydrogen) atoms. The van der Waals surface area contributed by atoms with E-state index in [1.807, 2.05) is 0 Å². The van der Waals surface area contributed by atoms with Crippen molar-refractivity contribution in [2.45, 2.75) is 58.1 Å². The lowest BCUT2D eigenvalue weighted by molar-refractivity contribution is 0.0636. The molecular weight excluding hydrogens is 562 g/mol. The molecule has 1 N–H and O–H groups in total. The number of benzene rings is 2. The molecule has 2 aromatic carbocycles. The minimum absolute atomic E-state index is 0.0172. The van der Waals surface area contributed by atoms with Gasteiger partial charge in [0.2, 0.25) is 5.95 Å². The monoisotopic (exact) mass is 590 g/mol. The number of likely N-dealkylation sites (N-methyl/N-ethyl adjacent to an activating group) is 1. The quantitative estimate of drug-likeness (QED) is 0.313. The van der Waals surface area contributed by atoms with Crippen molar-refractivity contribution in [1.82, 2.24) is 14.9 Å².